The first-order valence-electron chi connectivity index (χ1n) is 9.85. The second kappa shape index (κ2) is 11.2. The van der Waals surface area contributed by atoms with Crippen LogP contribution in [0.15, 0.2) is 52.4 Å². The Morgan fingerprint density at radius 1 is 1.18 bits per heavy atom. The molecule has 6 heteroatoms. The molecule has 1 aromatic carbocycles. The van der Waals surface area contributed by atoms with Gasteiger partial charge in [0.1, 0.15) is 5.75 Å². The van der Waals surface area contributed by atoms with Crippen molar-refractivity contribution in [2.75, 3.05) is 13.6 Å². The summed E-state index contributed by atoms with van der Waals surface area (Å²) in [6.07, 6.45) is 3.84. The molecule has 152 valence electrons. The number of rotatable bonds is 9. The van der Waals surface area contributed by atoms with Crippen molar-refractivity contribution < 1.29 is 4.74 Å². The average Bonchev–Trinajstić information content (AvgIpc) is 2.66. The summed E-state index contributed by atoms with van der Waals surface area (Å²) in [4.78, 5) is 16.0. The van der Waals surface area contributed by atoms with E-state index in [1.54, 1.807) is 23.7 Å². The number of pyridine rings is 1. The number of nitrogens with zero attached hydrogens (tertiary/aromatic N) is 2. The van der Waals surface area contributed by atoms with Crippen molar-refractivity contribution in [3.05, 3.63) is 64.1 Å². The Hall–Kier alpha value is -2.76. The Bertz CT molecular complexity index is 827. The van der Waals surface area contributed by atoms with E-state index < -0.39 is 0 Å². The van der Waals surface area contributed by atoms with Crippen molar-refractivity contribution in [2.24, 2.45) is 4.99 Å². The molecule has 0 spiro atoms. The van der Waals surface area contributed by atoms with Crippen LogP contribution in [0, 0.1) is 6.92 Å². The van der Waals surface area contributed by atoms with Gasteiger partial charge in [-0.05, 0) is 51.3 Å². The number of aliphatic imine (C=N–C) groups is 1. The quantitative estimate of drug-likeness (QED) is 0.396. The first-order valence-corrected chi connectivity index (χ1v) is 9.85. The summed E-state index contributed by atoms with van der Waals surface area (Å²) in [5.41, 5.74) is 2.33. The van der Waals surface area contributed by atoms with Gasteiger partial charge in [0.05, 0.1) is 6.10 Å². The summed E-state index contributed by atoms with van der Waals surface area (Å²) in [6.45, 7) is 8.29. The van der Waals surface area contributed by atoms with E-state index in [1.165, 1.54) is 5.56 Å². The smallest absolute Gasteiger partial charge is 0.250 e. The summed E-state index contributed by atoms with van der Waals surface area (Å²) >= 11 is 0. The Labute approximate surface area is 167 Å². The maximum Gasteiger partial charge on any atom is 0.250 e. The lowest BCUT2D eigenvalue weighted by Gasteiger charge is -2.17. The van der Waals surface area contributed by atoms with Crippen LogP contribution in [0.4, 0.5) is 0 Å². The number of aryl methyl sites for hydroxylation is 2. The second-order valence-corrected chi connectivity index (χ2v) is 7.07. The van der Waals surface area contributed by atoms with Crippen LogP contribution in [0.2, 0.25) is 0 Å². The minimum absolute atomic E-state index is 0.0467. The van der Waals surface area contributed by atoms with E-state index in [2.05, 4.69) is 40.7 Å². The van der Waals surface area contributed by atoms with Gasteiger partial charge in [-0.1, -0.05) is 18.2 Å². The van der Waals surface area contributed by atoms with Crippen LogP contribution in [-0.2, 0) is 13.1 Å². The van der Waals surface area contributed by atoms with Crippen LogP contribution in [0.1, 0.15) is 37.8 Å². The zero-order valence-electron chi connectivity index (χ0n) is 17.4. The largest absolute Gasteiger partial charge is 0.491 e. The summed E-state index contributed by atoms with van der Waals surface area (Å²) in [5, 5.41) is 6.66. The normalized spacial score (nSPS) is 11.5. The number of hydrogen-bond donors (Lipinski definition) is 2. The summed E-state index contributed by atoms with van der Waals surface area (Å²) < 4.78 is 7.67. The Balaban J connectivity index is 1.77. The molecule has 1 aromatic heterocycles. The van der Waals surface area contributed by atoms with Gasteiger partial charge in [-0.25, -0.2) is 0 Å². The number of unbranched alkanes of at least 4 members (excludes halogenated alkanes) is 1. The fourth-order valence-corrected chi connectivity index (χ4v) is 2.83. The molecular formula is C22H32N4O2. The zero-order valence-corrected chi connectivity index (χ0v) is 17.4. The zero-order chi connectivity index (χ0) is 20.4. The summed E-state index contributed by atoms with van der Waals surface area (Å²) in [7, 11) is 1.76. The minimum atomic E-state index is 0.0467. The highest BCUT2D eigenvalue weighted by atomic mass is 16.5. The van der Waals surface area contributed by atoms with Crippen molar-refractivity contribution in [3.8, 4) is 5.75 Å². The van der Waals surface area contributed by atoms with Crippen molar-refractivity contribution in [1.82, 2.24) is 15.2 Å². The fraction of sp³-hybridized carbons (Fsp3) is 0.455. The molecule has 0 atom stereocenters. The Morgan fingerprint density at radius 3 is 2.71 bits per heavy atom. The van der Waals surface area contributed by atoms with Crippen LogP contribution in [0.25, 0.3) is 0 Å². The number of hydrogen-bond acceptors (Lipinski definition) is 3. The van der Waals surface area contributed by atoms with Gasteiger partial charge in [0, 0.05) is 44.5 Å². The lowest BCUT2D eigenvalue weighted by molar-refractivity contribution is 0.239. The maximum absolute atomic E-state index is 11.7. The second-order valence-electron chi connectivity index (χ2n) is 7.07. The molecule has 28 heavy (non-hydrogen) atoms. The lowest BCUT2D eigenvalue weighted by atomic mass is 10.1. The first kappa shape index (κ1) is 21.5. The van der Waals surface area contributed by atoms with E-state index in [0.717, 1.165) is 43.2 Å². The third-order valence-corrected chi connectivity index (χ3v) is 4.27. The van der Waals surface area contributed by atoms with Gasteiger partial charge in [-0.2, -0.15) is 0 Å². The van der Waals surface area contributed by atoms with E-state index >= 15 is 0 Å². The highest BCUT2D eigenvalue weighted by Crippen LogP contribution is 2.21. The van der Waals surface area contributed by atoms with Gasteiger partial charge in [0.25, 0.3) is 0 Å². The predicted octanol–water partition coefficient (Wildman–Crippen LogP) is 3.09. The van der Waals surface area contributed by atoms with Crippen LogP contribution in [0.5, 0.6) is 5.75 Å². The highest BCUT2D eigenvalue weighted by molar-refractivity contribution is 5.79. The highest BCUT2D eigenvalue weighted by Gasteiger charge is 2.07. The molecule has 0 amide bonds. The molecule has 0 unspecified atom stereocenters. The number of benzene rings is 1. The van der Waals surface area contributed by atoms with Gasteiger partial charge in [0.2, 0.25) is 5.56 Å². The molecule has 2 aromatic rings. The number of nitrogens with one attached hydrogen (secondary N) is 2. The lowest BCUT2D eigenvalue weighted by Crippen LogP contribution is -2.37. The van der Waals surface area contributed by atoms with E-state index in [4.69, 9.17) is 4.74 Å². The maximum atomic E-state index is 11.7. The monoisotopic (exact) mass is 384 g/mol. The molecule has 0 bridgehead atoms. The fourth-order valence-electron chi connectivity index (χ4n) is 2.83. The third-order valence-electron chi connectivity index (χ3n) is 4.27. The molecule has 0 aliphatic carbocycles. The predicted molar refractivity (Wildman–Crippen MR) is 115 cm³/mol. The third kappa shape index (κ3) is 7.10. The van der Waals surface area contributed by atoms with Gasteiger partial charge in [-0.3, -0.25) is 9.79 Å². The Kier molecular flexibility index (Phi) is 8.59. The van der Waals surface area contributed by atoms with E-state index in [1.807, 2.05) is 26.1 Å². The van der Waals surface area contributed by atoms with Crippen LogP contribution >= 0.6 is 0 Å². The van der Waals surface area contributed by atoms with E-state index in [-0.39, 0.29) is 11.7 Å². The first-order chi connectivity index (χ1) is 13.5. The number of ether oxygens (including phenoxy) is 1. The molecule has 0 saturated carbocycles. The van der Waals surface area contributed by atoms with Crippen LogP contribution < -0.4 is 20.9 Å². The number of aromatic nitrogens is 1. The molecule has 0 saturated heterocycles. The average molecular weight is 385 g/mol. The van der Waals surface area contributed by atoms with Gasteiger partial charge >= 0.3 is 0 Å². The van der Waals surface area contributed by atoms with E-state index in [9.17, 15) is 4.79 Å². The van der Waals surface area contributed by atoms with Gasteiger partial charge in [-0.15, -0.1) is 0 Å². The molecule has 0 aliphatic rings. The molecule has 0 aliphatic heterocycles. The SMILES string of the molecule is CN=C(NCCCCn1ccccc1=O)NCc1ccc(C)cc1OC(C)C. The van der Waals surface area contributed by atoms with Gasteiger partial charge in [0.15, 0.2) is 5.96 Å². The van der Waals surface area contributed by atoms with Crippen LogP contribution in [0.3, 0.4) is 0 Å². The standard InChI is InChI=1S/C22H32N4O2/c1-17(2)28-20-15-18(3)10-11-19(20)16-25-22(23-4)24-12-6-8-14-26-13-7-5-9-21(26)27/h5,7,9-11,13,15,17H,6,8,12,14,16H2,1-4H3,(H2,23,24,25). The molecular weight excluding hydrogens is 352 g/mol. The van der Waals surface area contributed by atoms with Crippen molar-refractivity contribution >= 4 is 5.96 Å². The van der Waals surface area contributed by atoms with Crippen molar-refractivity contribution in [1.29, 1.82) is 0 Å². The van der Waals surface area contributed by atoms with E-state index in [0.29, 0.717) is 6.54 Å². The van der Waals surface area contributed by atoms with Crippen LogP contribution in [-0.4, -0.2) is 30.2 Å². The summed E-state index contributed by atoms with van der Waals surface area (Å²) in [6, 6.07) is 11.5. The molecule has 0 fully saturated rings. The molecule has 1 heterocycles. The van der Waals surface area contributed by atoms with Crippen molar-refractivity contribution in [2.45, 2.75) is 52.8 Å². The molecule has 2 N–H and O–H groups in total. The van der Waals surface area contributed by atoms with Gasteiger partial charge < -0.3 is 19.9 Å². The number of guanidine groups is 1. The molecule has 2 rings (SSSR count). The topological polar surface area (TPSA) is 67.7 Å². The summed E-state index contributed by atoms with van der Waals surface area (Å²) in [5.74, 6) is 1.67. The molecule has 6 nitrogen and oxygen atoms in total. The Morgan fingerprint density at radius 2 is 2.00 bits per heavy atom. The minimum Gasteiger partial charge on any atom is -0.491 e. The molecule has 0 radical (unpaired) electrons. The van der Waals surface area contributed by atoms with Crippen molar-refractivity contribution in [3.63, 3.8) is 0 Å².